The van der Waals surface area contributed by atoms with Gasteiger partial charge in [-0.1, -0.05) is 6.07 Å². The molecule has 2 amide bonds. The molecule has 0 spiro atoms. The molecule has 1 saturated carbocycles. The number of carbonyl (C=O) groups is 3. The van der Waals surface area contributed by atoms with Crippen molar-refractivity contribution in [2.45, 2.75) is 31.7 Å². The molecule has 2 N–H and O–H groups in total. The Morgan fingerprint density at radius 1 is 1.32 bits per heavy atom. The molecule has 3 aliphatic rings. The molecule has 0 aromatic carbocycles. The summed E-state index contributed by atoms with van der Waals surface area (Å²) in [4.78, 5) is 36.9. The largest absolute Gasteiger partial charge is 0.483 e. The molecule has 1 aliphatic carbocycles. The number of ether oxygens (including phenoxy) is 1. The van der Waals surface area contributed by atoms with Crippen LogP contribution >= 0.6 is 11.3 Å². The molecule has 0 bridgehead atoms. The molecule has 8 nitrogen and oxygen atoms in total. The van der Waals surface area contributed by atoms with Crippen molar-refractivity contribution in [3.63, 3.8) is 0 Å². The van der Waals surface area contributed by atoms with Crippen LogP contribution in [0.5, 0.6) is 0 Å². The summed E-state index contributed by atoms with van der Waals surface area (Å²) >= 11 is 1.64. The highest BCUT2D eigenvalue weighted by Crippen LogP contribution is 2.42. The number of carbonyl (C=O) groups excluding carboxylic acids is 2. The van der Waals surface area contributed by atoms with Crippen LogP contribution in [0, 0.1) is 11.3 Å². The van der Waals surface area contributed by atoms with Gasteiger partial charge in [-0.05, 0) is 36.4 Å². The van der Waals surface area contributed by atoms with Gasteiger partial charge in [0.15, 0.2) is 0 Å². The van der Waals surface area contributed by atoms with Gasteiger partial charge in [0.1, 0.15) is 11.5 Å². The Balaban J connectivity index is 0.000000730. The topological polar surface area (TPSA) is 109 Å². The first-order valence-electron chi connectivity index (χ1n) is 10.4. The summed E-state index contributed by atoms with van der Waals surface area (Å²) in [5, 5.41) is 12.0. The SMILES string of the molecule is O=C(CCc1ccc(-c2cccs2)o1)N1C[C@H]2COC[C@@]2(C(=O)NC2CC2)C1.O=CO. The van der Waals surface area contributed by atoms with Crippen LogP contribution in [0.4, 0.5) is 0 Å². The number of amides is 2. The number of rotatable bonds is 6. The average Bonchev–Trinajstić information content (AvgIpc) is 3.21. The van der Waals surface area contributed by atoms with E-state index in [1.807, 2.05) is 34.5 Å². The van der Waals surface area contributed by atoms with Crippen molar-refractivity contribution in [2.24, 2.45) is 11.3 Å². The van der Waals surface area contributed by atoms with Crippen LogP contribution in [0.3, 0.4) is 0 Å². The Labute approximate surface area is 184 Å². The van der Waals surface area contributed by atoms with Crippen LogP contribution in [0.2, 0.25) is 0 Å². The quantitative estimate of drug-likeness (QED) is 0.660. The number of likely N-dealkylation sites (tertiary alicyclic amines) is 1. The van der Waals surface area contributed by atoms with Gasteiger partial charge in [0.2, 0.25) is 11.8 Å². The van der Waals surface area contributed by atoms with E-state index < -0.39 is 5.41 Å². The van der Waals surface area contributed by atoms with E-state index in [2.05, 4.69) is 5.32 Å². The maximum Gasteiger partial charge on any atom is 0.290 e. The predicted molar refractivity (Wildman–Crippen MR) is 114 cm³/mol. The van der Waals surface area contributed by atoms with Gasteiger partial charge in [-0.2, -0.15) is 0 Å². The molecule has 2 aromatic rings. The van der Waals surface area contributed by atoms with E-state index in [0.717, 1.165) is 29.2 Å². The monoisotopic (exact) mass is 446 g/mol. The Morgan fingerprint density at radius 3 is 2.84 bits per heavy atom. The van der Waals surface area contributed by atoms with Crippen molar-refractivity contribution in [3.8, 4) is 10.6 Å². The van der Waals surface area contributed by atoms with Crippen molar-refractivity contribution in [2.75, 3.05) is 26.3 Å². The van der Waals surface area contributed by atoms with Crippen LogP contribution in [0.1, 0.15) is 25.0 Å². The molecular weight excluding hydrogens is 420 g/mol. The van der Waals surface area contributed by atoms with Crippen molar-refractivity contribution in [1.29, 1.82) is 0 Å². The third kappa shape index (κ3) is 4.67. The van der Waals surface area contributed by atoms with Crippen molar-refractivity contribution in [3.05, 3.63) is 35.4 Å². The molecule has 5 rings (SSSR count). The lowest BCUT2D eigenvalue weighted by Crippen LogP contribution is -2.47. The molecule has 31 heavy (non-hydrogen) atoms. The second kappa shape index (κ2) is 9.23. The fraction of sp³-hybridized carbons (Fsp3) is 0.500. The van der Waals surface area contributed by atoms with E-state index >= 15 is 0 Å². The van der Waals surface area contributed by atoms with E-state index in [1.54, 1.807) is 11.3 Å². The number of hydrogen-bond donors (Lipinski definition) is 2. The molecule has 2 aromatic heterocycles. The number of nitrogens with one attached hydrogen (secondary N) is 1. The van der Waals surface area contributed by atoms with Gasteiger partial charge >= 0.3 is 0 Å². The van der Waals surface area contributed by atoms with Crippen LogP contribution in [0.25, 0.3) is 10.6 Å². The zero-order valence-electron chi connectivity index (χ0n) is 17.1. The predicted octanol–water partition coefficient (Wildman–Crippen LogP) is 2.40. The van der Waals surface area contributed by atoms with E-state index in [1.165, 1.54) is 0 Å². The van der Waals surface area contributed by atoms with Crippen molar-refractivity contribution in [1.82, 2.24) is 10.2 Å². The second-order valence-electron chi connectivity index (χ2n) is 8.24. The van der Waals surface area contributed by atoms with E-state index in [9.17, 15) is 9.59 Å². The Hall–Kier alpha value is -2.65. The first-order chi connectivity index (χ1) is 15.1. The van der Waals surface area contributed by atoms with Crippen LogP contribution < -0.4 is 5.32 Å². The Kier molecular flexibility index (Phi) is 6.43. The number of fused-ring (bicyclic) bond motifs is 1. The lowest BCUT2D eigenvalue weighted by atomic mass is 9.80. The number of thiophene rings is 1. The van der Waals surface area contributed by atoms with Gasteiger partial charge in [-0.15, -0.1) is 11.3 Å². The molecule has 166 valence electrons. The zero-order valence-corrected chi connectivity index (χ0v) is 17.9. The summed E-state index contributed by atoms with van der Waals surface area (Å²) < 4.78 is 11.5. The summed E-state index contributed by atoms with van der Waals surface area (Å²) in [5.74, 6) is 1.92. The summed E-state index contributed by atoms with van der Waals surface area (Å²) in [6, 6.07) is 8.24. The third-order valence-electron chi connectivity index (χ3n) is 6.10. The van der Waals surface area contributed by atoms with E-state index in [0.29, 0.717) is 45.2 Å². The summed E-state index contributed by atoms with van der Waals surface area (Å²) in [5.41, 5.74) is -0.560. The van der Waals surface area contributed by atoms with Gasteiger partial charge in [-0.3, -0.25) is 14.4 Å². The van der Waals surface area contributed by atoms with Crippen LogP contribution in [0.15, 0.2) is 34.1 Å². The van der Waals surface area contributed by atoms with Gasteiger partial charge < -0.3 is 24.5 Å². The minimum atomic E-state index is -0.560. The van der Waals surface area contributed by atoms with Crippen molar-refractivity contribution >= 4 is 29.6 Å². The minimum Gasteiger partial charge on any atom is -0.483 e. The maximum atomic E-state index is 12.8. The average molecular weight is 447 g/mol. The summed E-state index contributed by atoms with van der Waals surface area (Å²) in [6.07, 6.45) is 3.09. The number of hydrogen-bond acceptors (Lipinski definition) is 6. The number of nitrogens with zero attached hydrogens (tertiary/aromatic N) is 1. The molecule has 0 radical (unpaired) electrons. The maximum absolute atomic E-state index is 12.8. The Bertz CT molecular complexity index is 922. The lowest BCUT2D eigenvalue weighted by Gasteiger charge is -2.26. The highest BCUT2D eigenvalue weighted by molar-refractivity contribution is 7.13. The van der Waals surface area contributed by atoms with E-state index in [4.69, 9.17) is 19.1 Å². The summed E-state index contributed by atoms with van der Waals surface area (Å²) in [7, 11) is 0. The fourth-order valence-corrected chi connectivity index (χ4v) is 4.94. The molecule has 3 fully saturated rings. The van der Waals surface area contributed by atoms with Crippen LogP contribution in [-0.2, 0) is 25.5 Å². The van der Waals surface area contributed by atoms with Gasteiger partial charge in [0, 0.05) is 37.9 Å². The molecule has 0 unspecified atom stereocenters. The third-order valence-corrected chi connectivity index (χ3v) is 6.99. The van der Waals surface area contributed by atoms with Crippen LogP contribution in [-0.4, -0.2) is 60.6 Å². The number of aryl methyl sites for hydroxylation is 1. The minimum absolute atomic E-state index is 0.0689. The first kappa shape index (κ1) is 21.6. The van der Waals surface area contributed by atoms with Gasteiger partial charge in [0.25, 0.3) is 6.47 Å². The molecule has 9 heteroatoms. The number of carboxylic acid groups (broad SMARTS) is 1. The normalized spacial score (nSPS) is 24.3. The Morgan fingerprint density at radius 2 is 2.13 bits per heavy atom. The summed E-state index contributed by atoms with van der Waals surface area (Å²) in [6.45, 7) is 1.80. The highest BCUT2D eigenvalue weighted by Gasteiger charge is 2.57. The van der Waals surface area contributed by atoms with Gasteiger partial charge in [-0.25, -0.2) is 0 Å². The molecular formula is C22H26N2O6S. The standard InChI is InChI=1S/C21H24N2O4S.CH2O2/c24-19(8-6-16-5-7-17(27-16)18-2-1-9-28-18)23-10-14-11-26-13-21(14,12-23)20(25)22-15-3-4-15;2-1-3/h1-2,5,7,9,14-15H,3-4,6,8,10-13H2,(H,22,25);1H,(H,2,3)/t14-,21-;/m0./s1. The molecule has 2 atom stereocenters. The lowest BCUT2D eigenvalue weighted by molar-refractivity contribution is -0.134. The zero-order chi connectivity index (χ0) is 21.8. The van der Waals surface area contributed by atoms with E-state index in [-0.39, 0.29) is 24.2 Å². The smallest absolute Gasteiger partial charge is 0.290 e. The molecule has 2 aliphatic heterocycles. The van der Waals surface area contributed by atoms with Crippen molar-refractivity contribution < 1.29 is 28.6 Å². The number of furan rings is 1. The second-order valence-corrected chi connectivity index (χ2v) is 9.19. The van der Waals surface area contributed by atoms with Gasteiger partial charge in [0.05, 0.1) is 23.5 Å². The highest BCUT2D eigenvalue weighted by atomic mass is 32.1. The molecule has 2 saturated heterocycles. The first-order valence-corrected chi connectivity index (χ1v) is 11.3. The molecule has 4 heterocycles. The fourth-order valence-electron chi connectivity index (χ4n) is 4.26.